The second-order valence-corrected chi connectivity index (χ2v) is 3.98. The molecule has 0 fully saturated rings. The predicted octanol–water partition coefficient (Wildman–Crippen LogP) is 4.61. The van der Waals surface area contributed by atoms with Gasteiger partial charge in [0, 0.05) is 5.57 Å². The number of rotatable bonds is 4. The third-order valence-corrected chi connectivity index (χ3v) is 3.00. The van der Waals surface area contributed by atoms with Crippen LogP contribution in [-0.2, 0) is 0 Å². The van der Waals surface area contributed by atoms with Crippen molar-refractivity contribution in [1.82, 2.24) is 0 Å². The molecule has 0 aliphatic carbocycles. The van der Waals surface area contributed by atoms with E-state index in [1.165, 1.54) is 0 Å². The summed E-state index contributed by atoms with van der Waals surface area (Å²) in [6.07, 6.45) is 1.48. The Balaban J connectivity index is 3.30. The first kappa shape index (κ1) is 13.4. The van der Waals surface area contributed by atoms with Gasteiger partial charge in [-0.15, -0.1) is 0 Å². The lowest BCUT2D eigenvalue weighted by molar-refractivity contribution is 0.185. The van der Waals surface area contributed by atoms with Crippen LogP contribution in [0.1, 0.15) is 39.2 Å². The average Bonchev–Trinajstić information content (AvgIpc) is 2.31. The summed E-state index contributed by atoms with van der Waals surface area (Å²) in [6.45, 7) is 5.94. The molecule has 0 saturated carbocycles. The van der Waals surface area contributed by atoms with Crippen molar-refractivity contribution in [3.8, 4) is 0 Å². The Morgan fingerprint density at radius 3 is 2.00 bits per heavy atom. The topological polar surface area (TPSA) is 40.5 Å². The molecule has 0 heterocycles. The standard InChI is InChI=1S/C15H20O2/c1-4-13(12-9-7-6-8-10-12)11(3)14(5-2)15(16)17/h6-10,16-17H,4-5H2,1-3H3. The van der Waals surface area contributed by atoms with E-state index in [1.807, 2.05) is 44.2 Å². The molecule has 2 nitrogen and oxygen atoms in total. The minimum absolute atomic E-state index is 0.563. The summed E-state index contributed by atoms with van der Waals surface area (Å²) in [6, 6.07) is 10.1. The van der Waals surface area contributed by atoms with E-state index in [0.717, 1.165) is 23.1 Å². The van der Waals surface area contributed by atoms with E-state index in [0.29, 0.717) is 12.0 Å². The second kappa shape index (κ2) is 6.14. The van der Waals surface area contributed by atoms with E-state index in [1.54, 1.807) is 0 Å². The minimum atomic E-state index is -0.563. The van der Waals surface area contributed by atoms with Crippen LogP contribution in [0, 0.1) is 0 Å². The van der Waals surface area contributed by atoms with E-state index in [4.69, 9.17) is 0 Å². The molecule has 0 radical (unpaired) electrons. The normalized spacial score (nSPS) is 11.9. The van der Waals surface area contributed by atoms with Crippen LogP contribution in [0.25, 0.3) is 5.57 Å². The highest BCUT2D eigenvalue weighted by molar-refractivity contribution is 5.71. The van der Waals surface area contributed by atoms with E-state index >= 15 is 0 Å². The molecule has 1 aromatic rings. The number of benzene rings is 1. The van der Waals surface area contributed by atoms with Gasteiger partial charge in [-0.2, -0.15) is 0 Å². The van der Waals surface area contributed by atoms with Crippen LogP contribution in [0.4, 0.5) is 0 Å². The fourth-order valence-corrected chi connectivity index (χ4v) is 2.10. The van der Waals surface area contributed by atoms with Crippen LogP contribution in [0.3, 0.4) is 0 Å². The number of hydrogen-bond acceptors (Lipinski definition) is 2. The molecule has 1 aromatic carbocycles. The lowest BCUT2D eigenvalue weighted by Gasteiger charge is -2.13. The van der Waals surface area contributed by atoms with E-state index < -0.39 is 5.95 Å². The zero-order valence-corrected chi connectivity index (χ0v) is 10.7. The van der Waals surface area contributed by atoms with Crippen molar-refractivity contribution < 1.29 is 10.2 Å². The molecule has 17 heavy (non-hydrogen) atoms. The highest BCUT2D eigenvalue weighted by atomic mass is 16.5. The summed E-state index contributed by atoms with van der Waals surface area (Å²) < 4.78 is 0. The molecule has 0 aliphatic rings. The smallest absolute Gasteiger partial charge is 0.277 e. The van der Waals surface area contributed by atoms with Crippen LogP contribution >= 0.6 is 0 Å². The molecule has 2 N–H and O–H groups in total. The molecule has 0 amide bonds. The van der Waals surface area contributed by atoms with Gasteiger partial charge in [-0.1, -0.05) is 44.2 Å². The van der Waals surface area contributed by atoms with Gasteiger partial charge in [0.1, 0.15) is 0 Å². The monoisotopic (exact) mass is 232 g/mol. The summed E-state index contributed by atoms with van der Waals surface area (Å²) in [5.74, 6) is -0.563. The lowest BCUT2D eigenvalue weighted by atomic mass is 9.93. The quantitative estimate of drug-likeness (QED) is 0.588. The highest BCUT2D eigenvalue weighted by Gasteiger charge is 2.10. The zero-order valence-electron chi connectivity index (χ0n) is 10.7. The third-order valence-electron chi connectivity index (χ3n) is 3.00. The molecule has 0 aliphatic heterocycles. The van der Waals surface area contributed by atoms with Crippen LogP contribution in [0.15, 0.2) is 47.4 Å². The van der Waals surface area contributed by atoms with Crippen molar-refractivity contribution in [2.45, 2.75) is 33.6 Å². The fourth-order valence-electron chi connectivity index (χ4n) is 2.10. The molecule has 92 valence electrons. The molecular formula is C15H20O2. The third kappa shape index (κ3) is 3.13. The van der Waals surface area contributed by atoms with Crippen molar-refractivity contribution in [2.75, 3.05) is 0 Å². The van der Waals surface area contributed by atoms with Crippen LogP contribution < -0.4 is 0 Å². The predicted molar refractivity (Wildman–Crippen MR) is 71.9 cm³/mol. The summed E-state index contributed by atoms with van der Waals surface area (Å²) >= 11 is 0. The Kier molecular flexibility index (Phi) is 4.83. The average molecular weight is 232 g/mol. The SMILES string of the molecule is CCC(=C(O)O)C(C)=C(CC)c1ccccc1. The number of aliphatic hydroxyl groups is 2. The van der Waals surface area contributed by atoms with E-state index in [9.17, 15) is 10.2 Å². The minimum Gasteiger partial charge on any atom is -0.481 e. The molecule has 2 heteroatoms. The highest BCUT2D eigenvalue weighted by Crippen LogP contribution is 2.28. The van der Waals surface area contributed by atoms with Gasteiger partial charge in [-0.25, -0.2) is 0 Å². The first-order chi connectivity index (χ1) is 8.11. The summed E-state index contributed by atoms with van der Waals surface area (Å²) in [5, 5.41) is 18.5. The molecule has 0 atom stereocenters. The Morgan fingerprint density at radius 2 is 1.59 bits per heavy atom. The van der Waals surface area contributed by atoms with E-state index in [2.05, 4.69) is 6.92 Å². The van der Waals surface area contributed by atoms with Crippen LogP contribution in [0.5, 0.6) is 0 Å². The van der Waals surface area contributed by atoms with Crippen molar-refractivity contribution in [3.05, 3.63) is 53.0 Å². The maximum Gasteiger partial charge on any atom is 0.277 e. The van der Waals surface area contributed by atoms with Crippen molar-refractivity contribution in [2.24, 2.45) is 0 Å². The van der Waals surface area contributed by atoms with Gasteiger partial charge in [0.25, 0.3) is 5.95 Å². The maximum absolute atomic E-state index is 9.27. The lowest BCUT2D eigenvalue weighted by Crippen LogP contribution is -1.96. The molecule has 0 spiro atoms. The van der Waals surface area contributed by atoms with Gasteiger partial charge < -0.3 is 10.2 Å². The first-order valence-corrected chi connectivity index (χ1v) is 5.98. The number of hydrogen-bond donors (Lipinski definition) is 2. The fraction of sp³-hybridized carbons (Fsp3) is 0.333. The molecule has 0 aromatic heterocycles. The summed E-state index contributed by atoms with van der Waals surface area (Å²) in [5.41, 5.74) is 3.87. The Bertz CT molecular complexity index is 423. The van der Waals surface area contributed by atoms with Gasteiger partial charge in [-0.3, -0.25) is 0 Å². The van der Waals surface area contributed by atoms with Crippen LogP contribution in [0.2, 0.25) is 0 Å². The molecule has 1 rings (SSSR count). The summed E-state index contributed by atoms with van der Waals surface area (Å²) in [7, 11) is 0. The van der Waals surface area contributed by atoms with E-state index in [-0.39, 0.29) is 0 Å². The summed E-state index contributed by atoms with van der Waals surface area (Å²) in [4.78, 5) is 0. The van der Waals surface area contributed by atoms with Crippen molar-refractivity contribution >= 4 is 5.57 Å². The zero-order chi connectivity index (χ0) is 12.8. The van der Waals surface area contributed by atoms with Crippen molar-refractivity contribution in [1.29, 1.82) is 0 Å². The molecule has 0 bridgehead atoms. The Morgan fingerprint density at radius 1 is 1.00 bits per heavy atom. The Hall–Kier alpha value is -1.70. The largest absolute Gasteiger partial charge is 0.481 e. The second-order valence-electron chi connectivity index (χ2n) is 3.98. The molecular weight excluding hydrogens is 212 g/mol. The number of allylic oxidation sites excluding steroid dienone is 3. The molecule has 0 saturated heterocycles. The van der Waals surface area contributed by atoms with Crippen molar-refractivity contribution in [3.63, 3.8) is 0 Å². The van der Waals surface area contributed by atoms with Gasteiger partial charge in [0.15, 0.2) is 0 Å². The van der Waals surface area contributed by atoms with Crippen LogP contribution in [-0.4, -0.2) is 10.2 Å². The van der Waals surface area contributed by atoms with Gasteiger partial charge in [0.2, 0.25) is 0 Å². The number of aliphatic hydroxyl groups excluding tert-OH is 1. The molecule has 0 unspecified atom stereocenters. The van der Waals surface area contributed by atoms with Gasteiger partial charge in [0.05, 0.1) is 0 Å². The Labute approximate surface area is 103 Å². The van der Waals surface area contributed by atoms with Gasteiger partial charge >= 0.3 is 0 Å². The first-order valence-electron chi connectivity index (χ1n) is 5.98. The maximum atomic E-state index is 9.27. The van der Waals surface area contributed by atoms with Gasteiger partial charge in [-0.05, 0) is 36.5 Å².